The van der Waals surface area contributed by atoms with Crippen LogP contribution in [0.15, 0.2) is 28.8 Å². The van der Waals surface area contributed by atoms with Gasteiger partial charge >= 0.3 is 5.97 Å². The minimum Gasteiger partial charge on any atom is -0.465 e. The second kappa shape index (κ2) is 7.57. The van der Waals surface area contributed by atoms with Crippen LogP contribution in [0.1, 0.15) is 30.0 Å². The van der Waals surface area contributed by atoms with E-state index in [2.05, 4.69) is 20.5 Å². The fourth-order valence-corrected chi connectivity index (χ4v) is 2.11. The number of nitrogens with one attached hydrogen (secondary N) is 2. The summed E-state index contributed by atoms with van der Waals surface area (Å²) < 4.78 is 9.50. The van der Waals surface area contributed by atoms with Gasteiger partial charge in [0.25, 0.3) is 0 Å². The molecule has 0 bridgehead atoms. The molecule has 0 spiro atoms. The summed E-state index contributed by atoms with van der Waals surface area (Å²) in [5.41, 5.74) is -1.04. The van der Waals surface area contributed by atoms with E-state index in [1.165, 1.54) is 45.2 Å². The number of aryl methyl sites for hydroxylation is 1. The number of benzene rings is 1. The number of ether oxygens (including phenoxy) is 1. The lowest BCUT2D eigenvalue weighted by Crippen LogP contribution is -2.41. The molecule has 0 aliphatic carbocycles. The molecule has 9 heteroatoms. The molecule has 0 aliphatic heterocycles. The molecule has 26 heavy (non-hydrogen) atoms. The second-order valence-electron chi connectivity index (χ2n) is 6.04. The average Bonchev–Trinajstić information content (AvgIpc) is 3.00. The van der Waals surface area contributed by atoms with Crippen molar-refractivity contribution < 1.29 is 23.6 Å². The van der Waals surface area contributed by atoms with Gasteiger partial charge in [0.15, 0.2) is 5.82 Å². The number of anilines is 2. The summed E-state index contributed by atoms with van der Waals surface area (Å²) in [6, 6.07) is 5.83. The van der Waals surface area contributed by atoms with Crippen molar-refractivity contribution in [1.29, 1.82) is 0 Å². The molecule has 0 saturated heterocycles. The molecule has 8 nitrogen and oxygen atoms in total. The number of amides is 2. The first-order chi connectivity index (χ1) is 12.1. The summed E-state index contributed by atoms with van der Waals surface area (Å²) >= 11 is 6.06. The molecule has 2 N–H and O–H groups in total. The predicted molar refractivity (Wildman–Crippen MR) is 95.1 cm³/mol. The first-order valence-electron chi connectivity index (χ1n) is 7.59. The van der Waals surface area contributed by atoms with Gasteiger partial charge in [-0.15, -0.1) is 0 Å². The van der Waals surface area contributed by atoms with E-state index < -0.39 is 23.2 Å². The fraction of sp³-hybridized carbons (Fsp3) is 0.294. The summed E-state index contributed by atoms with van der Waals surface area (Å²) in [6.45, 7) is 4.57. The van der Waals surface area contributed by atoms with E-state index in [-0.39, 0.29) is 22.1 Å². The van der Waals surface area contributed by atoms with E-state index in [4.69, 9.17) is 16.1 Å². The molecular weight excluding hydrogens is 362 g/mol. The van der Waals surface area contributed by atoms with Gasteiger partial charge in [0.1, 0.15) is 11.2 Å². The highest BCUT2D eigenvalue weighted by molar-refractivity contribution is 6.34. The highest BCUT2D eigenvalue weighted by Crippen LogP contribution is 2.27. The number of methoxy groups -OCH3 is 1. The first-order valence-corrected chi connectivity index (χ1v) is 7.97. The first kappa shape index (κ1) is 19.5. The van der Waals surface area contributed by atoms with Gasteiger partial charge in [-0.3, -0.25) is 9.59 Å². The molecule has 0 aliphatic rings. The van der Waals surface area contributed by atoms with E-state index >= 15 is 0 Å². The zero-order valence-electron chi connectivity index (χ0n) is 14.7. The van der Waals surface area contributed by atoms with E-state index in [0.29, 0.717) is 5.76 Å². The van der Waals surface area contributed by atoms with Gasteiger partial charge in [0, 0.05) is 6.07 Å². The smallest absolute Gasteiger partial charge is 0.337 e. The lowest BCUT2D eigenvalue weighted by molar-refractivity contribution is -0.135. The van der Waals surface area contributed by atoms with Crippen molar-refractivity contribution in [2.24, 2.45) is 5.41 Å². The molecule has 0 fully saturated rings. The van der Waals surface area contributed by atoms with Crippen molar-refractivity contribution in [3.8, 4) is 0 Å². The van der Waals surface area contributed by atoms with Gasteiger partial charge in [-0.2, -0.15) is 0 Å². The van der Waals surface area contributed by atoms with Gasteiger partial charge < -0.3 is 19.9 Å². The summed E-state index contributed by atoms with van der Waals surface area (Å²) in [7, 11) is 1.24. The Hall–Kier alpha value is -2.87. The van der Waals surface area contributed by atoms with E-state index in [9.17, 15) is 14.4 Å². The molecule has 1 heterocycles. The number of aromatic nitrogens is 1. The molecule has 1 aromatic heterocycles. The van der Waals surface area contributed by atoms with E-state index in [1.54, 1.807) is 6.92 Å². The number of carbonyl (C=O) groups is 3. The Balaban J connectivity index is 2.17. The van der Waals surface area contributed by atoms with Gasteiger partial charge in [0.05, 0.1) is 23.4 Å². The quantitative estimate of drug-likeness (QED) is 0.610. The van der Waals surface area contributed by atoms with Gasteiger partial charge in [-0.25, -0.2) is 4.79 Å². The van der Waals surface area contributed by atoms with Crippen LogP contribution < -0.4 is 10.6 Å². The Labute approximate surface area is 154 Å². The Morgan fingerprint density at radius 3 is 2.38 bits per heavy atom. The van der Waals surface area contributed by atoms with Crippen molar-refractivity contribution in [2.45, 2.75) is 20.8 Å². The van der Waals surface area contributed by atoms with Crippen LogP contribution in [0.4, 0.5) is 11.5 Å². The average molecular weight is 380 g/mol. The minimum absolute atomic E-state index is 0.192. The van der Waals surface area contributed by atoms with Crippen LogP contribution in [0.2, 0.25) is 5.02 Å². The monoisotopic (exact) mass is 379 g/mol. The standard InChI is InChI=1S/C17H18ClN3O5/c1-9-7-13(21-26-9)20-16(24)17(2,3)15(23)19-12-8-10(14(22)25-4)5-6-11(12)18/h5-8H,1-4H3,(H,19,23)(H,20,21,24). The number of halogens is 1. The minimum atomic E-state index is -1.45. The summed E-state index contributed by atoms with van der Waals surface area (Å²) in [4.78, 5) is 36.6. The van der Waals surface area contributed by atoms with Gasteiger partial charge in [-0.05, 0) is 39.0 Å². The lowest BCUT2D eigenvalue weighted by atomic mass is 9.91. The molecule has 2 amide bonds. The third kappa shape index (κ3) is 4.20. The number of rotatable bonds is 5. The number of carbonyl (C=O) groups excluding carboxylic acids is 3. The number of nitrogens with zero attached hydrogens (tertiary/aromatic N) is 1. The topological polar surface area (TPSA) is 111 Å². The zero-order chi connectivity index (χ0) is 19.5. The van der Waals surface area contributed by atoms with Crippen molar-refractivity contribution >= 4 is 40.9 Å². The Kier molecular flexibility index (Phi) is 5.66. The molecular formula is C17H18ClN3O5. The van der Waals surface area contributed by atoms with Crippen LogP contribution >= 0.6 is 11.6 Å². The highest BCUT2D eigenvalue weighted by Gasteiger charge is 2.37. The van der Waals surface area contributed by atoms with Crippen molar-refractivity contribution in [3.63, 3.8) is 0 Å². The molecule has 1 aromatic carbocycles. The number of hydrogen-bond acceptors (Lipinski definition) is 6. The molecule has 0 radical (unpaired) electrons. The van der Waals surface area contributed by atoms with Crippen molar-refractivity contribution in [3.05, 3.63) is 40.6 Å². The van der Waals surface area contributed by atoms with E-state index in [0.717, 1.165) is 0 Å². The van der Waals surface area contributed by atoms with E-state index in [1.807, 2.05) is 0 Å². The molecule has 0 unspecified atom stereocenters. The lowest BCUT2D eigenvalue weighted by Gasteiger charge is -2.22. The molecule has 0 saturated carbocycles. The molecule has 2 rings (SSSR count). The summed E-state index contributed by atoms with van der Waals surface area (Å²) in [5, 5.41) is 8.94. The maximum Gasteiger partial charge on any atom is 0.337 e. The van der Waals surface area contributed by atoms with Crippen LogP contribution in [0.25, 0.3) is 0 Å². The summed E-state index contributed by atoms with van der Waals surface area (Å²) in [5.74, 6) is -1.04. The van der Waals surface area contributed by atoms with Crippen LogP contribution in [0.5, 0.6) is 0 Å². The molecule has 138 valence electrons. The normalized spacial score (nSPS) is 11.0. The van der Waals surface area contributed by atoms with Crippen molar-refractivity contribution in [2.75, 3.05) is 17.7 Å². The fourth-order valence-electron chi connectivity index (χ4n) is 1.95. The molecule has 2 aromatic rings. The Morgan fingerprint density at radius 2 is 1.81 bits per heavy atom. The third-order valence-corrected chi connectivity index (χ3v) is 3.97. The maximum atomic E-state index is 12.6. The Morgan fingerprint density at radius 1 is 1.15 bits per heavy atom. The number of hydrogen-bond donors (Lipinski definition) is 2. The Bertz CT molecular complexity index is 860. The van der Waals surface area contributed by atoms with Crippen LogP contribution in [-0.2, 0) is 14.3 Å². The van der Waals surface area contributed by atoms with Gasteiger partial charge in [0.2, 0.25) is 11.8 Å². The number of esters is 1. The van der Waals surface area contributed by atoms with Crippen molar-refractivity contribution in [1.82, 2.24) is 5.16 Å². The largest absolute Gasteiger partial charge is 0.465 e. The van der Waals surface area contributed by atoms with Crippen LogP contribution in [-0.4, -0.2) is 30.1 Å². The third-order valence-electron chi connectivity index (χ3n) is 3.64. The predicted octanol–water partition coefficient (Wildman–Crippen LogP) is 3.03. The SMILES string of the molecule is COC(=O)c1ccc(Cl)c(NC(=O)C(C)(C)C(=O)Nc2cc(C)on2)c1. The second-order valence-corrected chi connectivity index (χ2v) is 6.45. The van der Waals surface area contributed by atoms with Gasteiger partial charge in [-0.1, -0.05) is 16.8 Å². The molecule has 0 atom stereocenters. The highest BCUT2D eigenvalue weighted by atomic mass is 35.5. The van der Waals surface area contributed by atoms with Crippen LogP contribution in [0, 0.1) is 12.3 Å². The maximum absolute atomic E-state index is 12.6. The van der Waals surface area contributed by atoms with Crippen LogP contribution in [0.3, 0.4) is 0 Å². The zero-order valence-corrected chi connectivity index (χ0v) is 15.4. The summed E-state index contributed by atoms with van der Waals surface area (Å²) in [6.07, 6.45) is 0.